The first kappa shape index (κ1) is 20.0. The van der Waals surface area contributed by atoms with E-state index in [1.54, 1.807) is 30.3 Å². The molecule has 6 heteroatoms. The summed E-state index contributed by atoms with van der Waals surface area (Å²) in [4.78, 5) is 12.6. The Hall–Kier alpha value is -2.76. The molecule has 1 unspecified atom stereocenters. The number of rotatable bonds is 8. The van der Waals surface area contributed by atoms with E-state index >= 15 is 0 Å². The smallest absolute Gasteiger partial charge is 0.267 e. The van der Waals surface area contributed by atoms with E-state index < -0.39 is 0 Å². The topological polar surface area (TPSA) is 44.7 Å². The van der Waals surface area contributed by atoms with Crippen molar-refractivity contribution in [2.24, 2.45) is 5.10 Å². The zero-order valence-electron chi connectivity index (χ0n) is 16.0. The first-order valence-corrected chi connectivity index (χ1v) is 9.69. The average molecular weight is 385 g/mol. The third kappa shape index (κ3) is 4.94. The van der Waals surface area contributed by atoms with Crippen molar-refractivity contribution in [3.8, 4) is 0 Å². The van der Waals surface area contributed by atoms with Gasteiger partial charge < -0.3 is 5.32 Å². The van der Waals surface area contributed by atoms with E-state index in [0.29, 0.717) is 29.8 Å². The SMILES string of the molecule is CCCCCN1N=C(C(=O)NCc2cccc(F)c2)CC1c1ccccc1F. The lowest BCUT2D eigenvalue weighted by Crippen LogP contribution is -2.30. The van der Waals surface area contributed by atoms with E-state index in [4.69, 9.17) is 0 Å². The highest BCUT2D eigenvalue weighted by atomic mass is 19.1. The molecule has 1 N–H and O–H groups in total. The van der Waals surface area contributed by atoms with Crippen LogP contribution in [0.15, 0.2) is 53.6 Å². The Balaban J connectivity index is 1.70. The molecular formula is C22H25F2N3O. The molecule has 0 bridgehead atoms. The minimum absolute atomic E-state index is 0.218. The first-order valence-electron chi connectivity index (χ1n) is 9.69. The van der Waals surface area contributed by atoms with Gasteiger partial charge in [-0.15, -0.1) is 0 Å². The monoisotopic (exact) mass is 385 g/mol. The van der Waals surface area contributed by atoms with Crippen LogP contribution in [-0.2, 0) is 11.3 Å². The fraction of sp³-hybridized carbons (Fsp3) is 0.364. The molecule has 0 radical (unpaired) electrons. The van der Waals surface area contributed by atoms with Gasteiger partial charge in [-0.25, -0.2) is 8.78 Å². The highest BCUT2D eigenvalue weighted by molar-refractivity contribution is 6.39. The Labute approximate surface area is 164 Å². The van der Waals surface area contributed by atoms with Crippen LogP contribution in [0, 0.1) is 11.6 Å². The third-order valence-corrected chi connectivity index (χ3v) is 4.85. The molecule has 1 aliphatic rings. The molecule has 0 spiro atoms. The Morgan fingerprint density at radius 3 is 2.75 bits per heavy atom. The van der Waals surface area contributed by atoms with Gasteiger partial charge >= 0.3 is 0 Å². The van der Waals surface area contributed by atoms with Crippen molar-refractivity contribution in [2.45, 2.75) is 45.2 Å². The summed E-state index contributed by atoms with van der Waals surface area (Å²) in [7, 11) is 0. The lowest BCUT2D eigenvalue weighted by atomic mass is 10.0. The van der Waals surface area contributed by atoms with Gasteiger partial charge in [0.1, 0.15) is 17.3 Å². The summed E-state index contributed by atoms with van der Waals surface area (Å²) in [6.45, 7) is 3.01. The van der Waals surface area contributed by atoms with Crippen molar-refractivity contribution >= 4 is 11.6 Å². The summed E-state index contributed by atoms with van der Waals surface area (Å²) in [6, 6.07) is 12.4. The summed E-state index contributed by atoms with van der Waals surface area (Å²) in [5.41, 5.74) is 1.61. The molecule has 1 aliphatic heterocycles. The lowest BCUT2D eigenvalue weighted by molar-refractivity contribution is -0.115. The van der Waals surface area contributed by atoms with Crippen molar-refractivity contribution in [2.75, 3.05) is 6.54 Å². The quantitative estimate of drug-likeness (QED) is 0.677. The predicted molar refractivity (Wildman–Crippen MR) is 106 cm³/mol. The number of carbonyl (C=O) groups excluding carboxylic acids is 1. The van der Waals surface area contributed by atoms with Gasteiger partial charge in [0, 0.05) is 25.1 Å². The van der Waals surface area contributed by atoms with Crippen LogP contribution in [-0.4, -0.2) is 23.2 Å². The molecule has 1 amide bonds. The molecule has 3 rings (SSSR count). The summed E-state index contributed by atoms with van der Waals surface area (Å²) < 4.78 is 27.6. The highest BCUT2D eigenvalue weighted by Crippen LogP contribution is 2.32. The van der Waals surface area contributed by atoms with Gasteiger partial charge in [-0.2, -0.15) is 5.10 Å². The van der Waals surface area contributed by atoms with Crippen LogP contribution in [0.4, 0.5) is 8.78 Å². The summed E-state index contributed by atoms with van der Waals surface area (Å²) in [5, 5.41) is 9.10. The molecule has 148 valence electrons. The molecule has 1 atom stereocenters. The van der Waals surface area contributed by atoms with Gasteiger partial charge in [0.25, 0.3) is 5.91 Å². The Bertz CT molecular complexity index is 853. The van der Waals surface area contributed by atoms with Crippen molar-refractivity contribution in [1.82, 2.24) is 10.3 Å². The minimum atomic E-state index is -0.341. The molecule has 0 fully saturated rings. The van der Waals surface area contributed by atoms with E-state index in [1.165, 1.54) is 18.2 Å². The van der Waals surface area contributed by atoms with Crippen molar-refractivity contribution < 1.29 is 13.6 Å². The Morgan fingerprint density at radius 2 is 2.00 bits per heavy atom. The van der Waals surface area contributed by atoms with Crippen molar-refractivity contribution in [3.63, 3.8) is 0 Å². The number of benzene rings is 2. The van der Waals surface area contributed by atoms with Gasteiger partial charge in [0.15, 0.2) is 0 Å². The molecule has 0 aliphatic carbocycles. The van der Waals surface area contributed by atoms with E-state index in [9.17, 15) is 13.6 Å². The summed E-state index contributed by atoms with van der Waals surface area (Å²) >= 11 is 0. The van der Waals surface area contributed by atoms with Gasteiger partial charge in [0.05, 0.1) is 6.04 Å². The number of hydrazone groups is 1. The first-order chi connectivity index (χ1) is 13.6. The maximum absolute atomic E-state index is 14.3. The fourth-order valence-corrected chi connectivity index (χ4v) is 3.37. The largest absolute Gasteiger partial charge is 0.347 e. The third-order valence-electron chi connectivity index (χ3n) is 4.85. The lowest BCUT2D eigenvalue weighted by Gasteiger charge is -2.24. The Kier molecular flexibility index (Phi) is 6.74. The molecular weight excluding hydrogens is 360 g/mol. The standard InChI is InChI=1S/C22H25F2N3O/c1-2-3-6-12-27-21(18-10-4-5-11-19(18)24)14-20(26-27)22(28)25-15-16-8-7-9-17(23)13-16/h4-5,7-11,13,21H,2-3,6,12,14-15H2,1H3,(H,25,28). The number of hydrogen-bond acceptors (Lipinski definition) is 3. The zero-order valence-corrected chi connectivity index (χ0v) is 16.0. The van der Waals surface area contributed by atoms with Gasteiger partial charge in [-0.1, -0.05) is 50.1 Å². The van der Waals surface area contributed by atoms with E-state index in [-0.39, 0.29) is 30.1 Å². The molecule has 0 saturated carbocycles. The van der Waals surface area contributed by atoms with E-state index in [0.717, 1.165) is 19.3 Å². The van der Waals surface area contributed by atoms with E-state index in [2.05, 4.69) is 17.3 Å². The van der Waals surface area contributed by atoms with E-state index in [1.807, 2.05) is 5.01 Å². The van der Waals surface area contributed by atoms with Crippen LogP contribution in [0.5, 0.6) is 0 Å². The highest BCUT2D eigenvalue weighted by Gasteiger charge is 2.32. The molecule has 2 aromatic rings. The number of nitrogens with one attached hydrogen (secondary N) is 1. The molecule has 0 aromatic heterocycles. The van der Waals surface area contributed by atoms with Crippen molar-refractivity contribution in [3.05, 3.63) is 71.3 Å². The number of halogens is 2. The number of unbranched alkanes of at least 4 members (excludes halogenated alkanes) is 2. The van der Waals surface area contributed by atoms with Crippen LogP contribution in [0.2, 0.25) is 0 Å². The summed E-state index contributed by atoms with van der Waals surface area (Å²) in [5.74, 6) is -0.931. The fourth-order valence-electron chi connectivity index (χ4n) is 3.37. The molecule has 0 saturated heterocycles. The van der Waals surface area contributed by atoms with Gasteiger partial charge in [0.2, 0.25) is 0 Å². The van der Waals surface area contributed by atoms with Crippen LogP contribution in [0.1, 0.15) is 49.8 Å². The maximum atomic E-state index is 14.3. The second kappa shape index (κ2) is 9.44. The molecule has 28 heavy (non-hydrogen) atoms. The maximum Gasteiger partial charge on any atom is 0.267 e. The second-order valence-electron chi connectivity index (χ2n) is 6.97. The average Bonchev–Trinajstić information content (AvgIpc) is 3.11. The van der Waals surface area contributed by atoms with Gasteiger partial charge in [-0.05, 0) is 30.2 Å². The van der Waals surface area contributed by atoms with Crippen molar-refractivity contribution in [1.29, 1.82) is 0 Å². The number of carbonyl (C=O) groups is 1. The molecule has 4 nitrogen and oxygen atoms in total. The normalized spacial score (nSPS) is 16.2. The summed E-state index contributed by atoms with van der Waals surface area (Å²) in [6.07, 6.45) is 3.41. The van der Waals surface area contributed by atoms with Crippen LogP contribution < -0.4 is 5.32 Å². The number of nitrogens with zero attached hydrogens (tertiary/aromatic N) is 2. The number of amides is 1. The van der Waals surface area contributed by atoms with Crippen LogP contribution in [0.25, 0.3) is 0 Å². The van der Waals surface area contributed by atoms with Crippen LogP contribution >= 0.6 is 0 Å². The van der Waals surface area contributed by atoms with Gasteiger partial charge in [-0.3, -0.25) is 9.80 Å². The zero-order chi connectivity index (χ0) is 19.9. The molecule has 1 heterocycles. The molecule has 2 aromatic carbocycles. The predicted octanol–water partition coefficient (Wildman–Crippen LogP) is 4.57. The Morgan fingerprint density at radius 1 is 1.18 bits per heavy atom. The second-order valence-corrected chi connectivity index (χ2v) is 6.97. The minimum Gasteiger partial charge on any atom is -0.347 e. The number of hydrogen-bond donors (Lipinski definition) is 1. The van der Waals surface area contributed by atoms with Crippen LogP contribution in [0.3, 0.4) is 0 Å².